The molecule has 3 fully saturated rings. The molecular formula is C16H29NO. The van der Waals surface area contributed by atoms with Gasteiger partial charge in [0.15, 0.2) is 0 Å². The minimum absolute atomic E-state index is 0.192. The fourth-order valence-corrected chi connectivity index (χ4v) is 4.52. The van der Waals surface area contributed by atoms with E-state index in [-0.39, 0.29) is 5.60 Å². The second-order valence-corrected chi connectivity index (χ2v) is 7.12. The smallest absolute Gasteiger partial charge is 0.0813 e. The lowest BCUT2D eigenvalue weighted by molar-refractivity contribution is -0.170. The summed E-state index contributed by atoms with van der Waals surface area (Å²) in [5.41, 5.74) is 0.192. The lowest BCUT2D eigenvalue weighted by atomic mass is 9.75. The normalized spacial score (nSPS) is 49.0. The zero-order valence-corrected chi connectivity index (χ0v) is 12.1. The summed E-state index contributed by atoms with van der Waals surface area (Å²) in [7, 11) is 0. The molecule has 18 heavy (non-hydrogen) atoms. The Hall–Kier alpha value is -0.0800. The van der Waals surface area contributed by atoms with E-state index in [1.54, 1.807) is 0 Å². The quantitative estimate of drug-likeness (QED) is 0.770. The first kappa shape index (κ1) is 12.9. The van der Waals surface area contributed by atoms with Crippen LogP contribution in [0.3, 0.4) is 0 Å². The van der Waals surface area contributed by atoms with Crippen LogP contribution >= 0.6 is 0 Å². The van der Waals surface area contributed by atoms with Crippen LogP contribution in [0, 0.1) is 11.8 Å². The number of nitrogens with one attached hydrogen (secondary N) is 1. The molecular weight excluding hydrogens is 222 g/mol. The molecule has 0 radical (unpaired) electrons. The fourth-order valence-electron chi connectivity index (χ4n) is 4.52. The summed E-state index contributed by atoms with van der Waals surface area (Å²) in [6.45, 7) is 5.83. The van der Waals surface area contributed by atoms with Crippen LogP contribution in [0.15, 0.2) is 0 Å². The van der Waals surface area contributed by atoms with E-state index < -0.39 is 0 Å². The highest BCUT2D eigenvalue weighted by molar-refractivity contribution is 4.98. The summed E-state index contributed by atoms with van der Waals surface area (Å²) < 4.78 is 6.62. The van der Waals surface area contributed by atoms with Crippen molar-refractivity contribution >= 4 is 0 Å². The van der Waals surface area contributed by atoms with Crippen LogP contribution < -0.4 is 5.32 Å². The van der Waals surface area contributed by atoms with Crippen molar-refractivity contribution in [3.05, 3.63) is 0 Å². The van der Waals surface area contributed by atoms with Crippen LogP contribution in [-0.2, 0) is 4.74 Å². The van der Waals surface area contributed by atoms with Crippen molar-refractivity contribution in [2.75, 3.05) is 6.54 Å². The predicted octanol–water partition coefficient (Wildman–Crippen LogP) is 3.50. The molecule has 0 amide bonds. The predicted molar refractivity (Wildman–Crippen MR) is 74.7 cm³/mol. The molecule has 0 aromatic rings. The highest BCUT2D eigenvalue weighted by Gasteiger charge is 2.45. The first-order chi connectivity index (χ1) is 8.71. The molecule has 104 valence electrons. The lowest BCUT2D eigenvalue weighted by Crippen LogP contribution is -2.61. The second-order valence-electron chi connectivity index (χ2n) is 7.12. The minimum Gasteiger partial charge on any atom is -0.369 e. The van der Waals surface area contributed by atoms with Crippen LogP contribution in [-0.4, -0.2) is 24.3 Å². The first-order valence-electron chi connectivity index (χ1n) is 8.12. The molecule has 0 aromatic heterocycles. The summed E-state index contributed by atoms with van der Waals surface area (Å²) in [5.74, 6) is 1.78. The van der Waals surface area contributed by atoms with Gasteiger partial charge in [-0.05, 0) is 43.9 Å². The Balaban J connectivity index is 1.64. The van der Waals surface area contributed by atoms with Gasteiger partial charge in [0.05, 0.1) is 11.7 Å². The molecule has 5 atom stereocenters. The fraction of sp³-hybridized carbons (Fsp3) is 1.00. The van der Waals surface area contributed by atoms with Crippen molar-refractivity contribution in [2.45, 2.75) is 83.0 Å². The summed E-state index contributed by atoms with van der Waals surface area (Å²) in [5, 5.41) is 3.84. The molecule has 2 saturated carbocycles. The molecule has 3 aliphatic rings. The van der Waals surface area contributed by atoms with E-state index in [1.165, 1.54) is 51.4 Å². The molecule has 2 aliphatic carbocycles. The third-order valence-corrected chi connectivity index (χ3v) is 5.61. The van der Waals surface area contributed by atoms with E-state index in [1.807, 2.05) is 0 Å². The standard InChI is InChI=1S/C16H29NO/c1-3-13-6-7-15-14(9-13)17-11-16(18-15)8-4-5-12(2)10-16/h12-15,17H,3-11H2,1-2H3. The van der Waals surface area contributed by atoms with Crippen molar-refractivity contribution in [1.29, 1.82) is 0 Å². The van der Waals surface area contributed by atoms with Crippen molar-refractivity contribution < 1.29 is 4.74 Å². The van der Waals surface area contributed by atoms with Crippen LogP contribution in [0.4, 0.5) is 0 Å². The van der Waals surface area contributed by atoms with E-state index in [9.17, 15) is 0 Å². The third-order valence-electron chi connectivity index (χ3n) is 5.61. The van der Waals surface area contributed by atoms with E-state index >= 15 is 0 Å². The molecule has 1 aliphatic heterocycles. The topological polar surface area (TPSA) is 21.3 Å². The van der Waals surface area contributed by atoms with Gasteiger partial charge in [0.1, 0.15) is 0 Å². The Bertz CT molecular complexity index is 293. The summed E-state index contributed by atoms with van der Waals surface area (Å²) in [6, 6.07) is 0.645. The minimum atomic E-state index is 0.192. The highest BCUT2D eigenvalue weighted by atomic mass is 16.5. The zero-order valence-electron chi connectivity index (χ0n) is 12.1. The van der Waals surface area contributed by atoms with Crippen molar-refractivity contribution in [2.24, 2.45) is 11.8 Å². The number of ether oxygens (including phenoxy) is 1. The Morgan fingerprint density at radius 3 is 2.94 bits per heavy atom. The molecule has 5 unspecified atom stereocenters. The van der Waals surface area contributed by atoms with Gasteiger partial charge in [-0.1, -0.05) is 33.1 Å². The van der Waals surface area contributed by atoms with Gasteiger partial charge in [0.25, 0.3) is 0 Å². The molecule has 3 rings (SSSR count). The molecule has 1 N–H and O–H groups in total. The summed E-state index contributed by atoms with van der Waals surface area (Å²) >= 11 is 0. The van der Waals surface area contributed by atoms with E-state index in [0.717, 1.165) is 18.4 Å². The largest absolute Gasteiger partial charge is 0.369 e. The maximum absolute atomic E-state index is 6.62. The molecule has 2 nitrogen and oxygen atoms in total. The first-order valence-corrected chi connectivity index (χ1v) is 8.12. The Kier molecular flexibility index (Phi) is 3.68. The van der Waals surface area contributed by atoms with Gasteiger partial charge in [-0.15, -0.1) is 0 Å². The van der Waals surface area contributed by atoms with Gasteiger partial charge in [0.2, 0.25) is 0 Å². The second kappa shape index (κ2) is 5.13. The van der Waals surface area contributed by atoms with E-state index in [4.69, 9.17) is 4.74 Å². The SMILES string of the molecule is CCC1CCC2OC3(CCCC(C)C3)CNC2C1. The van der Waals surface area contributed by atoms with Gasteiger partial charge in [-0.25, -0.2) is 0 Å². The van der Waals surface area contributed by atoms with Gasteiger partial charge >= 0.3 is 0 Å². The number of morpholine rings is 1. The average Bonchev–Trinajstić information content (AvgIpc) is 2.38. The third kappa shape index (κ3) is 2.46. The maximum atomic E-state index is 6.62. The zero-order chi connectivity index (χ0) is 12.6. The van der Waals surface area contributed by atoms with Gasteiger partial charge in [0, 0.05) is 12.6 Å². The number of hydrogen-bond donors (Lipinski definition) is 1. The average molecular weight is 251 g/mol. The van der Waals surface area contributed by atoms with Crippen molar-refractivity contribution in [1.82, 2.24) is 5.32 Å². The van der Waals surface area contributed by atoms with E-state index in [2.05, 4.69) is 19.2 Å². The van der Waals surface area contributed by atoms with Crippen molar-refractivity contribution in [3.8, 4) is 0 Å². The van der Waals surface area contributed by atoms with Crippen LogP contribution in [0.2, 0.25) is 0 Å². The Morgan fingerprint density at radius 1 is 1.28 bits per heavy atom. The Labute approximate surface area is 112 Å². The molecule has 1 spiro atoms. The molecule has 0 bridgehead atoms. The van der Waals surface area contributed by atoms with Gasteiger partial charge in [-0.2, -0.15) is 0 Å². The van der Waals surface area contributed by atoms with Crippen LogP contribution in [0.1, 0.15) is 65.2 Å². The monoisotopic (exact) mass is 251 g/mol. The molecule has 1 saturated heterocycles. The van der Waals surface area contributed by atoms with Crippen LogP contribution in [0.5, 0.6) is 0 Å². The number of hydrogen-bond acceptors (Lipinski definition) is 2. The summed E-state index contributed by atoms with van der Waals surface area (Å²) in [6.07, 6.45) is 11.2. The molecule has 1 heterocycles. The molecule has 0 aromatic carbocycles. The van der Waals surface area contributed by atoms with Crippen LogP contribution in [0.25, 0.3) is 0 Å². The van der Waals surface area contributed by atoms with Crippen molar-refractivity contribution in [3.63, 3.8) is 0 Å². The maximum Gasteiger partial charge on any atom is 0.0813 e. The Morgan fingerprint density at radius 2 is 2.17 bits per heavy atom. The van der Waals surface area contributed by atoms with Gasteiger partial charge in [-0.3, -0.25) is 0 Å². The number of fused-ring (bicyclic) bond motifs is 1. The number of rotatable bonds is 1. The summed E-state index contributed by atoms with van der Waals surface area (Å²) in [4.78, 5) is 0. The molecule has 2 heteroatoms. The van der Waals surface area contributed by atoms with Gasteiger partial charge < -0.3 is 10.1 Å². The highest BCUT2D eigenvalue weighted by Crippen LogP contribution is 2.41. The lowest BCUT2D eigenvalue weighted by Gasteiger charge is -2.51. The van der Waals surface area contributed by atoms with E-state index in [0.29, 0.717) is 12.1 Å².